The number of nitrogens with zero attached hydrogens (tertiary/aromatic N) is 20. The molecule has 0 amide bonds. The minimum absolute atomic E-state index is 0.345. The van der Waals surface area contributed by atoms with Crippen molar-refractivity contribution in [1.82, 2.24) is 79.0 Å². The van der Waals surface area contributed by atoms with Crippen LogP contribution >= 0.6 is 58.0 Å². The first kappa shape index (κ1) is 80.8. The lowest BCUT2D eigenvalue weighted by molar-refractivity contribution is 0.591. The molecule has 0 aliphatic heterocycles. The molecule has 0 aliphatic rings. The van der Waals surface area contributed by atoms with E-state index in [1.807, 2.05) is 94.4 Å². The fraction of sp³-hybridized carbons (Fsp3) is 0.143. The van der Waals surface area contributed by atoms with Crippen molar-refractivity contribution in [2.24, 2.45) is 0 Å². The zero-order valence-electron chi connectivity index (χ0n) is 63.9. The van der Waals surface area contributed by atoms with Crippen LogP contribution in [0.25, 0.3) is 87.6 Å². The summed E-state index contributed by atoms with van der Waals surface area (Å²) < 4.78 is 6.32. The van der Waals surface area contributed by atoms with Crippen LogP contribution in [0.3, 0.4) is 0 Å². The minimum atomic E-state index is -0.369. The van der Waals surface area contributed by atoms with Gasteiger partial charge >= 0.3 is 0 Å². The summed E-state index contributed by atoms with van der Waals surface area (Å²) in [5.74, 6) is 2.43. The molecule has 0 radical (unpaired) electrons. The summed E-state index contributed by atoms with van der Waals surface area (Å²) in [5.41, 5.74) is 41.0. The molecule has 16 aromatic rings. The molecule has 16 rings (SSSR count). The highest BCUT2D eigenvalue weighted by Crippen LogP contribution is 2.47. The molecule has 33 heteroatoms. The number of nitrogens with one attached hydrogen (secondary N) is 4. The lowest BCUT2D eigenvalue weighted by atomic mass is 9.98. The van der Waals surface area contributed by atoms with E-state index in [9.17, 15) is 0 Å². The van der Waals surface area contributed by atoms with Gasteiger partial charge in [0.2, 0.25) is 0 Å². The molecule has 0 aliphatic carbocycles. The predicted octanol–water partition coefficient (Wildman–Crippen LogP) is 20.1. The SMILES string of the molecule is Cc1ccncc1-c1c(Cl)c(N)c2cnc(Nc3cnn(C(C)C#N)c3)cc2c1Cl.Cc1ccncc1-c1cc(N)c2cnc(Nc3cnn(C(C)C#N)c3)cc2c1Cl.Cc1ccncc1-c1cc2cc(Nc3cnn([C@@H](C)C#N)c3)ncc2c(N)c1Cl.Cc1ccncc1-c1cc2cc(Nc3cnn([C@H](C)C#N)c3)ncc2c(N)c1Cl. The first-order valence-electron chi connectivity index (χ1n) is 36.0. The number of halogens is 5. The van der Waals surface area contributed by atoms with Crippen molar-refractivity contribution in [2.45, 2.75) is 79.6 Å². The largest absolute Gasteiger partial charge is 0.398 e. The Morgan fingerprint density at radius 3 is 0.966 bits per heavy atom. The van der Waals surface area contributed by atoms with Crippen molar-refractivity contribution in [1.29, 1.82) is 21.0 Å². The molecule has 0 spiro atoms. The van der Waals surface area contributed by atoms with Crippen LogP contribution in [0, 0.1) is 73.0 Å². The van der Waals surface area contributed by atoms with Crippen molar-refractivity contribution in [3.8, 4) is 68.8 Å². The highest BCUT2D eigenvalue weighted by atomic mass is 35.5. The number of anilines is 12. The maximum atomic E-state index is 9.04. The standard InChI is InChI=1S/C21H17Cl2N7.3C21H18ClN7/c1-11-3-4-26-8-15(11)18-19(22)14-5-17(27-9-16(14)21(25)20(18)23)29-13-7-28-30(10-13)12(2)6-24;1-12-3-4-25-9-17(12)15-5-19(24)18-10-26-20(6-16(18)21(15)22)28-14-8-27-29(11-14)13(2)7-23;2*1-12-3-4-25-9-17(12)16-5-14-6-19(26-10-18(14)21(24)20(16)22)28-15-8-27-29(11-15)13(2)7-23/h3-5,7-10,12H,25H2,1-2H3,(H,27,29);3*3-6,8-11,13H,24H2,1-2H3,(H,26,28)/t;;2*13-/m..10/s1. The van der Waals surface area contributed by atoms with Crippen molar-refractivity contribution < 1.29 is 0 Å². The molecule has 12 heterocycles. The van der Waals surface area contributed by atoms with Crippen LogP contribution in [0.1, 0.15) is 74.1 Å². The Balaban J connectivity index is 0.000000135. The van der Waals surface area contributed by atoms with E-state index in [-0.39, 0.29) is 24.2 Å². The third-order valence-corrected chi connectivity index (χ3v) is 21.2. The number of nitrogen functional groups attached to an aromatic ring is 4. The van der Waals surface area contributed by atoms with E-state index >= 15 is 0 Å². The number of rotatable bonds is 16. The second-order valence-electron chi connectivity index (χ2n) is 27.2. The fourth-order valence-electron chi connectivity index (χ4n) is 12.6. The van der Waals surface area contributed by atoms with E-state index in [2.05, 4.69) is 106 Å². The van der Waals surface area contributed by atoms with E-state index < -0.39 is 0 Å². The van der Waals surface area contributed by atoms with Crippen molar-refractivity contribution in [2.75, 3.05) is 44.2 Å². The second-order valence-corrected chi connectivity index (χ2v) is 29.1. The molecule has 582 valence electrons. The Kier molecular flexibility index (Phi) is 24.2. The quantitative estimate of drug-likeness (QED) is 0.0416. The molecule has 4 aromatic carbocycles. The third-order valence-electron chi connectivity index (χ3n) is 19.2. The number of aromatic nitrogens is 16. The van der Waals surface area contributed by atoms with Gasteiger partial charge in [-0.25, -0.2) is 19.9 Å². The van der Waals surface area contributed by atoms with Gasteiger partial charge in [-0.3, -0.25) is 38.7 Å². The summed E-state index contributed by atoms with van der Waals surface area (Å²) in [6.07, 6.45) is 34.3. The number of hydrogen-bond donors (Lipinski definition) is 8. The topological polar surface area (TPSA) is 422 Å². The average Bonchev–Trinajstić information content (AvgIpc) is 1.06. The monoisotopic (exact) mass is 1650 g/mol. The van der Waals surface area contributed by atoms with Gasteiger partial charge in [0.1, 0.15) is 47.4 Å². The molecule has 4 atom stereocenters. The number of nitrogens with two attached hydrogens (primary N) is 4. The fourth-order valence-corrected chi connectivity index (χ4v) is 14.1. The Morgan fingerprint density at radius 1 is 0.325 bits per heavy atom. The van der Waals surface area contributed by atoms with E-state index in [1.54, 1.807) is 170 Å². The van der Waals surface area contributed by atoms with Gasteiger partial charge in [-0.2, -0.15) is 41.4 Å². The molecular weight excluding hydrogens is 1580 g/mol. The molecular formula is C84H71Cl5N28. The Bertz CT molecular complexity index is 6400. The summed E-state index contributed by atoms with van der Waals surface area (Å²) in [6, 6.07) is 28.2. The zero-order chi connectivity index (χ0) is 83.0. The second kappa shape index (κ2) is 35.0. The van der Waals surface area contributed by atoms with Gasteiger partial charge in [-0.15, -0.1) is 0 Å². The lowest BCUT2D eigenvalue weighted by Crippen LogP contribution is -2.02. The smallest absolute Gasteiger partial charge is 0.135 e. The number of pyridine rings is 8. The van der Waals surface area contributed by atoms with Crippen LogP contribution in [0.5, 0.6) is 0 Å². The average molecular weight is 1650 g/mol. The van der Waals surface area contributed by atoms with Crippen LogP contribution < -0.4 is 44.2 Å². The maximum absolute atomic E-state index is 9.04. The lowest BCUT2D eigenvalue weighted by Gasteiger charge is -2.16. The number of hydrogen-bond acceptors (Lipinski definition) is 24. The van der Waals surface area contributed by atoms with Crippen molar-refractivity contribution in [3.05, 3.63) is 238 Å². The van der Waals surface area contributed by atoms with Crippen molar-refractivity contribution in [3.63, 3.8) is 0 Å². The van der Waals surface area contributed by atoms with Gasteiger partial charge < -0.3 is 44.2 Å². The molecule has 12 aromatic heterocycles. The van der Waals surface area contributed by atoms with Gasteiger partial charge in [-0.1, -0.05) is 58.0 Å². The Morgan fingerprint density at radius 2 is 0.624 bits per heavy atom. The summed E-state index contributed by atoms with van der Waals surface area (Å²) in [7, 11) is 0. The van der Waals surface area contributed by atoms with Crippen LogP contribution in [0.15, 0.2) is 191 Å². The van der Waals surface area contributed by atoms with Gasteiger partial charge in [0, 0.05) is 182 Å². The Labute approximate surface area is 695 Å². The van der Waals surface area contributed by atoms with E-state index in [0.29, 0.717) is 93.2 Å². The molecule has 28 nitrogen and oxygen atoms in total. The summed E-state index contributed by atoms with van der Waals surface area (Å²) in [5, 5.41) is 74.4. The molecule has 2 unspecified atom stereocenters. The Hall–Kier alpha value is -14.2. The van der Waals surface area contributed by atoms with Gasteiger partial charge in [0.25, 0.3) is 0 Å². The molecule has 0 saturated carbocycles. The third kappa shape index (κ3) is 17.3. The number of benzene rings is 4. The van der Waals surface area contributed by atoms with Crippen LogP contribution in [0.2, 0.25) is 25.1 Å². The number of nitriles is 4. The predicted molar refractivity (Wildman–Crippen MR) is 465 cm³/mol. The van der Waals surface area contributed by atoms with Crippen molar-refractivity contribution >= 4 is 170 Å². The van der Waals surface area contributed by atoms with Crippen LogP contribution in [0.4, 0.5) is 68.8 Å². The number of aryl methyl sites for hydroxylation is 4. The molecule has 0 fully saturated rings. The molecule has 12 N–H and O–H groups in total. The van der Waals surface area contributed by atoms with Gasteiger partial charge in [0.15, 0.2) is 0 Å². The zero-order valence-corrected chi connectivity index (χ0v) is 67.6. The van der Waals surface area contributed by atoms with E-state index in [0.717, 1.165) is 111 Å². The normalized spacial score (nSPS) is 11.9. The summed E-state index contributed by atoms with van der Waals surface area (Å²) >= 11 is 33.3. The minimum Gasteiger partial charge on any atom is -0.398 e. The summed E-state index contributed by atoms with van der Waals surface area (Å²) in [6.45, 7) is 15.1. The first-order chi connectivity index (χ1) is 56.3. The summed E-state index contributed by atoms with van der Waals surface area (Å²) in [4.78, 5) is 34.6. The van der Waals surface area contributed by atoms with Crippen LogP contribution in [-0.2, 0) is 0 Å². The van der Waals surface area contributed by atoms with Gasteiger partial charge in [-0.05, 0) is 155 Å². The van der Waals surface area contributed by atoms with E-state index in [1.165, 1.54) is 0 Å². The molecule has 0 bridgehead atoms. The highest BCUT2D eigenvalue weighted by molar-refractivity contribution is 6.45. The van der Waals surface area contributed by atoms with E-state index in [4.69, 9.17) is 102 Å². The number of fused-ring (bicyclic) bond motifs is 4. The van der Waals surface area contributed by atoms with Crippen LogP contribution in [-0.4, -0.2) is 79.0 Å². The maximum Gasteiger partial charge on any atom is 0.135 e. The highest BCUT2D eigenvalue weighted by Gasteiger charge is 2.23. The van der Waals surface area contributed by atoms with Gasteiger partial charge in [0.05, 0.1) is 114 Å². The first-order valence-corrected chi connectivity index (χ1v) is 37.9. The molecule has 117 heavy (non-hydrogen) atoms. The molecule has 0 saturated heterocycles.